The molecule has 0 aromatic rings. The third-order valence-corrected chi connectivity index (χ3v) is 1.17. The molecule has 0 aromatic carbocycles. The SMILES string of the molecule is C=O.O=S1C=CC=N1. The van der Waals surface area contributed by atoms with Crippen molar-refractivity contribution >= 4 is 24.0 Å². The quantitative estimate of drug-likeness (QED) is 0.466. The van der Waals surface area contributed by atoms with Gasteiger partial charge >= 0.3 is 0 Å². The van der Waals surface area contributed by atoms with Gasteiger partial charge in [0.1, 0.15) is 6.79 Å². The summed E-state index contributed by atoms with van der Waals surface area (Å²) < 4.78 is 13.5. The van der Waals surface area contributed by atoms with Crippen LogP contribution >= 0.6 is 0 Å². The highest BCUT2D eigenvalue weighted by Gasteiger charge is 1.87. The van der Waals surface area contributed by atoms with Crippen LogP contribution in [0.15, 0.2) is 15.9 Å². The average Bonchev–Trinajstić information content (AvgIpc) is 2.24. The van der Waals surface area contributed by atoms with Crippen LogP contribution in [0.3, 0.4) is 0 Å². The maximum Gasteiger partial charge on any atom is 0.165 e. The third-order valence-electron chi connectivity index (χ3n) is 0.446. The summed E-state index contributed by atoms with van der Waals surface area (Å²) in [5.74, 6) is 0. The fraction of sp³-hybridized carbons (Fsp3) is 0. The van der Waals surface area contributed by atoms with Crippen molar-refractivity contribution in [3.05, 3.63) is 11.5 Å². The molecular weight excluding hydrogens is 126 g/mol. The van der Waals surface area contributed by atoms with Gasteiger partial charge < -0.3 is 4.79 Å². The zero-order valence-corrected chi connectivity index (χ0v) is 4.93. The van der Waals surface area contributed by atoms with E-state index in [4.69, 9.17) is 4.79 Å². The summed E-state index contributed by atoms with van der Waals surface area (Å²) in [6, 6.07) is 0. The number of carbonyl (C=O) groups is 1. The molecule has 1 rings (SSSR count). The second-order valence-electron chi connectivity index (χ2n) is 0.859. The molecule has 3 nitrogen and oxygen atoms in total. The molecule has 0 amide bonds. The first-order valence-corrected chi connectivity index (χ1v) is 2.97. The van der Waals surface area contributed by atoms with Crippen molar-refractivity contribution in [1.82, 2.24) is 0 Å². The molecule has 0 fully saturated rings. The molecule has 0 radical (unpaired) electrons. The Hall–Kier alpha value is -0.770. The molecule has 44 valence electrons. The molecule has 0 bridgehead atoms. The molecule has 1 unspecified atom stereocenters. The zero-order valence-electron chi connectivity index (χ0n) is 4.11. The molecule has 1 heterocycles. The van der Waals surface area contributed by atoms with Crippen molar-refractivity contribution in [2.24, 2.45) is 4.40 Å². The second-order valence-corrected chi connectivity index (χ2v) is 1.89. The van der Waals surface area contributed by atoms with E-state index in [1.165, 1.54) is 11.6 Å². The molecule has 0 spiro atoms. The number of hydrogen-bond acceptors (Lipinski definition) is 2. The van der Waals surface area contributed by atoms with Gasteiger partial charge in [-0.1, -0.05) is 0 Å². The van der Waals surface area contributed by atoms with Gasteiger partial charge in [0, 0.05) is 11.6 Å². The van der Waals surface area contributed by atoms with Crippen LogP contribution in [0, 0.1) is 0 Å². The van der Waals surface area contributed by atoms with E-state index in [9.17, 15) is 4.21 Å². The highest BCUT2D eigenvalue weighted by atomic mass is 32.2. The van der Waals surface area contributed by atoms with E-state index in [-0.39, 0.29) is 0 Å². The van der Waals surface area contributed by atoms with Crippen LogP contribution in [0.4, 0.5) is 0 Å². The minimum Gasteiger partial charge on any atom is -0.307 e. The lowest BCUT2D eigenvalue weighted by Gasteiger charge is -1.65. The van der Waals surface area contributed by atoms with E-state index in [0.29, 0.717) is 0 Å². The van der Waals surface area contributed by atoms with Crippen LogP contribution in [0.2, 0.25) is 0 Å². The van der Waals surface area contributed by atoms with Gasteiger partial charge in [-0.15, -0.1) is 0 Å². The second kappa shape index (κ2) is 4.39. The van der Waals surface area contributed by atoms with E-state index >= 15 is 0 Å². The van der Waals surface area contributed by atoms with Crippen molar-refractivity contribution in [2.45, 2.75) is 0 Å². The molecular formula is C4H5NO2S. The van der Waals surface area contributed by atoms with Crippen LogP contribution < -0.4 is 0 Å². The normalized spacial score (nSPS) is 22.2. The van der Waals surface area contributed by atoms with E-state index in [1.54, 1.807) is 6.08 Å². The fourth-order valence-corrected chi connectivity index (χ4v) is 0.698. The van der Waals surface area contributed by atoms with E-state index in [0.717, 1.165) is 0 Å². The van der Waals surface area contributed by atoms with Crippen molar-refractivity contribution in [2.75, 3.05) is 0 Å². The first-order valence-electron chi connectivity index (χ1n) is 1.80. The van der Waals surface area contributed by atoms with Crippen LogP contribution in [0.1, 0.15) is 0 Å². The van der Waals surface area contributed by atoms with E-state index in [2.05, 4.69) is 4.40 Å². The Kier molecular flexibility index (Phi) is 3.97. The predicted octanol–water partition coefficient (Wildman–Crippen LogP) is 0.0633. The van der Waals surface area contributed by atoms with Gasteiger partial charge in [-0.3, -0.25) is 0 Å². The molecule has 0 aromatic heterocycles. The van der Waals surface area contributed by atoms with Crippen LogP contribution in [0.5, 0.6) is 0 Å². The Labute approximate surface area is 49.7 Å². The maximum absolute atomic E-state index is 10.1. The van der Waals surface area contributed by atoms with Gasteiger partial charge in [-0.05, 0) is 6.08 Å². The molecule has 1 aliphatic rings. The number of hydrogen-bond donors (Lipinski definition) is 0. The lowest BCUT2D eigenvalue weighted by atomic mass is 10.7. The molecule has 4 heteroatoms. The first kappa shape index (κ1) is 7.23. The molecule has 0 saturated carbocycles. The van der Waals surface area contributed by atoms with Gasteiger partial charge in [0.25, 0.3) is 0 Å². The summed E-state index contributed by atoms with van der Waals surface area (Å²) in [5.41, 5.74) is 0. The summed E-state index contributed by atoms with van der Waals surface area (Å²) in [4.78, 5) is 8.00. The summed E-state index contributed by atoms with van der Waals surface area (Å²) in [6.07, 6.45) is 3.19. The summed E-state index contributed by atoms with van der Waals surface area (Å²) in [7, 11) is -1.03. The number of rotatable bonds is 0. The van der Waals surface area contributed by atoms with E-state index in [1.807, 2.05) is 6.79 Å². The molecule has 1 atom stereocenters. The smallest absolute Gasteiger partial charge is 0.165 e. The molecule has 0 saturated heterocycles. The Balaban J connectivity index is 0.000000222. The van der Waals surface area contributed by atoms with Crippen LogP contribution in [-0.4, -0.2) is 17.2 Å². The highest BCUT2D eigenvalue weighted by Crippen LogP contribution is 1.90. The minimum absolute atomic E-state index is 1.03. The summed E-state index contributed by atoms with van der Waals surface area (Å²) in [5, 5.41) is 1.53. The fourth-order valence-electron chi connectivity index (χ4n) is 0.233. The molecule has 1 aliphatic heterocycles. The maximum atomic E-state index is 10.1. The minimum atomic E-state index is -1.03. The van der Waals surface area contributed by atoms with Crippen molar-refractivity contribution in [1.29, 1.82) is 0 Å². The number of nitrogens with zero attached hydrogens (tertiary/aromatic N) is 1. The van der Waals surface area contributed by atoms with Gasteiger partial charge in [0.2, 0.25) is 0 Å². The Morgan fingerprint density at radius 1 is 1.50 bits per heavy atom. The first-order chi connectivity index (χ1) is 3.89. The van der Waals surface area contributed by atoms with Crippen molar-refractivity contribution in [3.63, 3.8) is 0 Å². The predicted molar refractivity (Wildman–Crippen MR) is 32.9 cm³/mol. The zero-order chi connectivity index (χ0) is 6.41. The Morgan fingerprint density at radius 2 is 2.12 bits per heavy atom. The monoisotopic (exact) mass is 131 g/mol. The van der Waals surface area contributed by atoms with Gasteiger partial charge in [0.15, 0.2) is 11.0 Å². The average molecular weight is 131 g/mol. The molecule has 0 N–H and O–H groups in total. The van der Waals surface area contributed by atoms with Gasteiger partial charge in [-0.2, -0.15) is 4.40 Å². The van der Waals surface area contributed by atoms with Crippen LogP contribution in [-0.2, 0) is 15.8 Å². The van der Waals surface area contributed by atoms with Crippen molar-refractivity contribution in [3.8, 4) is 0 Å². The lowest BCUT2D eigenvalue weighted by molar-refractivity contribution is -0.0979. The lowest BCUT2D eigenvalue weighted by Crippen LogP contribution is -1.64. The van der Waals surface area contributed by atoms with Gasteiger partial charge in [-0.25, -0.2) is 4.21 Å². The van der Waals surface area contributed by atoms with Crippen molar-refractivity contribution < 1.29 is 9.00 Å². The number of allylic oxidation sites excluding steroid dienone is 1. The van der Waals surface area contributed by atoms with Gasteiger partial charge in [0.05, 0.1) is 0 Å². The molecule has 8 heavy (non-hydrogen) atoms. The standard InChI is InChI=1S/C3H3NOS.CH2O/c5-6-3-1-2-4-6;1-2/h1-3H;1H2. The van der Waals surface area contributed by atoms with Crippen LogP contribution in [0.25, 0.3) is 0 Å². The third kappa shape index (κ3) is 2.41. The number of carbonyl (C=O) groups excluding carboxylic acids is 1. The topological polar surface area (TPSA) is 46.5 Å². The Morgan fingerprint density at radius 3 is 2.25 bits per heavy atom. The summed E-state index contributed by atoms with van der Waals surface area (Å²) >= 11 is 0. The Bertz CT molecular complexity index is 127. The molecule has 0 aliphatic carbocycles. The van der Waals surface area contributed by atoms with E-state index < -0.39 is 11.0 Å². The summed E-state index contributed by atoms with van der Waals surface area (Å²) in [6.45, 7) is 2.00. The largest absolute Gasteiger partial charge is 0.307 e. The highest BCUT2D eigenvalue weighted by molar-refractivity contribution is 7.87.